The van der Waals surface area contributed by atoms with E-state index in [1.807, 2.05) is 37.3 Å². The van der Waals surface area contributed by atoms with Gasteiger partial charge in [0.2, 0.25) is 10.0 Å². The molecule has 2 unspecified atom stereocenters. The maximum absolute atomic E-state index is 12.0. The standard InChI is InChI=1S/C11H15NO3S/c1-9-7-12-16(13,14)11(8-15-9)10-5-3-2-4-6-10/h2-6,9,11-12H,7-8H2,1H3. The van der Waals surface area contributed by atoms with Gasteiger partial charge in [-0.15, -0.1) is 0 Å². The van der Waals surface area contributed by atoms with Gasteiger partial charge in [-0.3, -0.25) is 0 Å². The molecule has 0 aromatic heterocycles. The van der Waals surface area contributed by atoms with Gasteiger partial charge in [-0.25, -0.2) is 13.1 Å². The van der Waals surface area contributed by atoms with Gasteiger partial charge in [-0.1, -0.05) is 30.3 Å². The molecule has 0 spiro atoms. The second kappa shape index (κ2) is 4.53. The third-order valence-corrected chi connectivity index (χ3v) is 4.38. The van der Waals surface area contributed by atoms with E-state index in [1.54, 1.807) is 0 Å². The van der Waals surface area contributed by atoms with E-state index in [9.17, 15) is 8.42 Å². The predicted molar refractivity (Wildman–Crippen MR) is 61.5 cm³/mol. The van der Waals surface area contributed by atoms with Crippen molar-refractivity contribution in [3.63, 3.8) is 0 Å². The van der Waals surface area contributed by atoms with Gasteiger partial charge in [0.15, 0.2) is 0 Å². The Morgan fingerprint density at radius 1 is 1.31 bits per heavy atom. The van der Waals surface area contributed by atoms with Gasteiger partial charge < -0.3 is 4.74 Å². The van der Waals surface area contributed by atoms with Crippen LogP contribution in [0.1, 0.15) is 17.7 Å². The van der Waals surface area contributed by atoms with Crippen LogP contribution in [0.15, 0.2) is 30.3 Å². The van der Waals surface area contributed by atoms with Gasteiger partial charge in [-0.05, 0) is 12.5 Å². The fourth-order valence-corrected chi connectivity index (χ4v) is 3.12. The maximum Gasteiger partial charge on any atom is 0.221 e. The molecule has 1 aliphatic heterocycles. The molecular formula is C11H15NO3S. The minimum Gasteiger partial charge on any atom is -0.375 e. The first-order chi connectivity index (χ1) is 7.59. The molecule has 1 heterocycles. The third kappa shape index (κ3) is 2.42. The Hall–Kier alpha value is -0.910. The van der Waals surface area contributed by atoms with Gasteiger partial charge in [0.25, 0.3) is 0 Å². The molecule has 2 rings (SSSR count). The van der Waals surface area contributed by atoms with Crippen LogP contribution in [0.25, 0.3) is 0 Å². The number of hydrogen-bond acceptors (Lipinski definition) is 3. The van der Waals surface area contributed by atoms with Crippen molar-refractivity contribution >= 4 is 10.0 Å². The molecule has 88 valence electrons. The zero-order valence-electron chi connectivity index (χ0n) is 9.09. The molecule has 2 atom stereocenters. The van der Waals surface area contributed by atoms with Crippen LogP contribution in [-0.2, 0) is 14.8 Å². The molecule has 1 aliphatic rings. The summed E-state index contributed by atoms with van der Waals surface area (Å²) in [6.45, 7) is 2.40. The summed E-state index contributed by atoms with van der Waals surface area (Å²) < 4.78 is 31.9. The lowest BCUT2D eigenvalue weighted by Gasteiger charge is -2.14. The predicted octanol–water partition coefficient (Wildman–Crippen LogP) is 1.07. The first-order valence-electron chi connectivity index (χ1n) is 5.24. The molecule has 1 saturated heterocycles. The third-order valence-electron chi connectivity index (χ3n) is 2.65. The Kier molecular flexibility index (Phi) is 3.28. The van der Waals surface area contributed by atoms with E-state index in [1.165, 1.54) is 0 Å². The zero-order valence-corrected chi connectivity index (χ0v) is 9.91. The van der Waals surface area contributed by atoms with Crippen LogP contribution in [-0.4, -0.2) is 27.7 Å². The van der Waals surface area contributed by atoms with Crippen molar-refractivity contribution in [3.8, 4) is 0 Å². The number of benzene rings is 1. The zero-order chi connectivity index (χ0) is 11.6. The van der Waals surface area contributed by atoms with Crippen LogP contribution < -0.4 is 4.72 Å². The Labute approximate surface area is 95.7 Å². The van der Waals surface area contributed by atoms with Crippen molar-refractivity contribution in [1.82, 2.24) is 4.72 Å². The van der Waals surface area contributed by atoms with Crippen LogP contribution in [0, 0.1) is 0 Å². The largest absolute Gasteiger partial charge is 0.375 e. The van der Waals surface area contributed by atoms with Crippen molar-refractivity contribution in [2.45, 2.75) is 18.3 Å². The summed E-state index contributed by atoms with van der Waals surface area (Å²) in [5.74, 6) is 0. The summed E-state index contributed by atoms with van der Waals surface area (Å²) >= 11 is 0. The first-order valence-corrected chi connectivity index (χ1v) is 6.79. The average molecular weight is 241 g/mol. The number of rotatable bonds is 1. The van der Waals surface area contributed by atoms with Gasteiger partial charge in [0.1, 0.15) is 5.25 Å². The van der Waals surface area contributed by atoms with E-state index in [4.69, 9.17) is 4.74 Å². The smallest absolute Gasteiger partial charge is 0.221 e. The second-order valence-corrected chi connectivity index (χ2v) is 5.88. The first kappa shape index (κ1) is 11.6. The van der Waals surface area contributed by atoms with E-state index >= 15 is 0 Å². The normalized spacial score (nSPS) is 29.6. The lowest BCUT2D eigenvalue weighted by atomic mass is 10.1. The lowest BCUT2D eigenvalue weighted by Crippen LogP contribution is -2.30. The molecule has 16 heavy (non-hydrogen) atoms. The lowest BCUT2D eigenvalue weighted by molar-refractivity contribution is 0.0752. The quantitative estimate of drug-likeness (QED) is 0.800. The molecule has 0 saturated carbocycles. The SMILES string of the molecule is CC1CNS(=O)(=O)C(c2ccccc2)CO1. The average Bonchev–Trinajstić information content (AvgIpc) is 2.40. The summed E-state index contributed by atoms with van der Waals surface area (Å²) in [6, 6.07) is 9.15. The molecule has 0 bridgehead atoms. The van der Waals surface area contributed by atoms with Gasteiger partial charge in [0, 0.05) is 6.54 Å². The fraction of sp³-hybridized carbons (Fsp3) is 0.455. The molecule has 5 heteroatoms. The van der Waals surface area contributed by atoms with Crippen LogP contribution >= 0.6 is 0 Å². The fourth-order valence-electron chi connectivity index (χ4n) is 1.68. The monoisotopic (exact) mass is 241 g/mol. The van der Waals surface area contributed by atoms with Crippen molar-refractivity contribution in [3.05, 3.63) is 35.9 Å². The van der Waals surface area contributed by atoms with Crippen molar-refractivity contribution < 1.29 is 13.2 Å². The highest BCUT2D eigenvalue weighted by Gasteiger charge is 2.30. The van der Waals surface area contributed by atoms with Gasteiger partial charge in [0.05, 0.1) is 12.7 Å². The number of ether oxygens (including phenoxy) is 1. The molecule has 0 aliphatic carbocycles. The van der Waals surface area contributed by atoms with Crippen LogP contribution in [0.3, 0.4) is 0 Å². The van der Waals surface area contributed by atoms with Crippen LogP contribution in [0.5, 0.6) is 0 Å². The summed E-state index contributed by atoms with van der Waals surface area (Å²) in [5, 5.41) is -0.612. The molecule has 1 fully saturated rings. The summed E-state index contributed by atoms with van der Waals surface area (Å²) in [7, 11) is -3.32. The van der Waals surface area contributed by atoms with Crippen molar-refractivity contribution in [1.29, 1.82) is 0 Å². The van der Waals surface area contributed by atoms with Crippen LogP contribution in [0.2, 0.25) is 0 Å². The molecule has 0 radical (unpaired) electrons. The van der Waals surface area contributed by atoms with E-state index in [2.05, 4.69) is 4.72 Å². The van der Waals surface area contributed by atoms with E-state index in [-0.39, 0.29) is 12.7 Å². The topological polar surface area (TPSA) is 55.4 Å². The molecule has 1 aromatic carbocycles. The van der Waals surface area contributed by atoms with Gasteiger partial charge in [-0.2, -0.15) is 0 Å². The Morgan fingerprint density at radius 2 is 2.00 bits per heavy atom. The number of hydrogen-bond donors (Lipinski definition) is 1. The number of sulfonamides is 1. The Balaban J connectivity index is 2.32. The van der Waals surface area contributed by atoms with E-state index in [0.717, 1.165) is 5.56 Å². The summed E-state index contributed by atoms with van der Waals surface area (Å²) in [6.07, 6.45) is -0.0801. The maximum atomic E-state index is 12.0. The Morgan fingerprint density at radius 3 is 2.69 bits per heavy atom. The highest BCUT2D eigenvalue weighted by molar-refractivity contribution is 7.89. The highest BCUT2D eigenvalue weighted by atomic mass is 32.2. The van der Waals surface area contributed by atoms with Crippen LogP contribution in [0.4, 0.5) is 0 Å². The number of nitrogens with one attached hydrogen (secondary N) is 1. The molecule has 4 nitrogen and oxygen atoms in total. The van der Waals surface area contributed by atoms with Crippen molar-refractivity contribution in [2.75, 3.05) is 13.2 Å². The highest BCUT2D eigenvalue weighted by Crippen LogP contribution is 2.24. The van der Waals surface area contributed by atoms with Crippen molar-refractivity contribution in [2.24, 2.45) is 0 Å². The molecular weight excluding hydrogens is 226 g/mol. The minimum absolute atomic E-state index is 0.0801. The summed E-state index contributed by atoms with van der Waals surface area (Å²) in [5.41, 5.74) is 0.768. The van der Waals surface area contributed by atoms with Gasteiger partial charge >= 0.3 is 0 Å². The second-order valence-electron chi connectivity index (χ2n) is 3.94. The molecule has 1 aromatic rings. The van der Waals surface area contributed by atoms with E-state index in [0.29, 0.717) is 6.54 Å². The summed E-state index contributed by atoms with van der Waals surface area (Å²) in [4.78, 5) is 0. The van der Waals surface area contributed by atoms with E-state index < -0.39 is 15.3 Å². The minimum atomic E-state index is -3.32. The Bertz CT molecular complexity index is 444. The molecule has 1 N–H and O–H groups in total. The molecule has 0 amide bonds.